The summed E-state index contributed by atoms with van der Waals surface area (Å²) in [6, 6.07) is 7.12. The lowest BCUT2D eigenvalue weighted by molar-refractivity contribution is 0.0692. The monoisotopic (exact) mass is 232 g/mol. The Morgan fingerprint density at radius 2 is 2.18 bits per heavy atom. The van der Waals surface area contributed by atoms with Gasteiger partial charge in [-0.3, -0.25) is 0 Å². The van der Waals surface area contributed by atoms with Crippen molar-refractivity contribution >= 4 is 5.97 Å². The van der Waals surface area contributed by atoms with Crippen molar-refractivity contribution in [3.63, 3.8) is 0 Å². The molecule has 1 aliphatic heterocycles. The zero-order valence-electron chi connectivity index (χ0n) is 9.97. The molecule has 0 amide bonds. The predicted octanol–water partition coefficient (Wildman–Crippen LogP) is 1.95. The molecule has 4 nitrogen and oxygen atoms in total. The maximum atomic E-state index is 11.3. The minimum absolute atomic E-state index is 0.349. The predicted molar refractivity (Wildman–Crippen MR) is 65.4 cm³/mol. The summed E-state index contributed by atoms with van der Waals surface area (Å²) in [6.45, 7) is 2.04. The first-order valence-electron chi connectivity index (χ1n) is 5.62. The number of benzene rings is 1. The second-order valence-corrected chi connectivity index (χ2v) is 4.21. The van der Waals surface area contributed by atoms with E-state index in [2.05, 4.69) is 5.43 Å². The van der Waals surface area contributed by atoms with Crippen LogP contribution in [0, 0.1) is 0 Å². The van der Waals surface area contributed by atoms with Crippen LogP contribution in [-0.2, 0) is 5.54 Å². The highest BCUT2D eigenvalue weighted by Crippen LogP contribution is 2.32. The van der Waals surface area contributed by atoms with Crippen LogP contribution in [0.25, 0.3) is 0 Å². The van der Waals surface area contributed by atoms with E-state index in [0.717, 1.165) is 12.0 Å². The molecule has 0 saturated carbocycles. The van der Waals surface area contributed by atoms with Crippen LogP contribution < -0.4 is 5.43 Å². The Hall–Kier alpha value is -1.81. The third-order valence-electron chi connectivity index (χ3n) is 3.15. The van der Waals surface area contributed by atoms with Gasteiger partial charge in [0.1, 0.15) is 0 Å². The minimum atomic E-state index is -0.891. The van der Waals surface area contributed by atoms with Crippen molar-refractivity contribution in [1.82, 2.24) is 10.4 Å². The molecule has 1 unspecified atom stereocenters. The number of hydrazine groups is 1. The van der Waals surface area contributed by atoms with E-state index in [9.17, 15) is 9.90 Å². The molecular formula is C13H16N2O2. The largest absolute Gasteiger partial charge is 0.478 e. The van der Waals surface area contributed by atoms with Crippen LogP contribution in [0.5, 0.6) is 0 Å². The second-order valence-electron chi connectivity index (χ2n) is 4.21. The van der Waals surface area contributed by atoms with Gasteiger partial charge in [0.05, 0.1) is 11.1 Å². The fraction of sp³-hybridized carbons (Fsp3) is 0.308. The van der Waals surface area contributed by atoms with Crippen LogP contribution in [0.15, 0.2) is 36.5 Å². The van der Waals surface area contributed by atoms with Crippen LogP contribution in [0.1, 0.15) is 29.3 Å². The van der Waals surface area contributed by atoms with Crippen molar-refractivity contribution in [2.24, 2.45) is 0 Å². The van der Waals surface area contributed by atoms with Crippen molar-refractivity contribution in [3.05, 3.63) is 47.7 Å². The maximum Gasteiger partial charge on any atom is 0.336 e. The van der Waals surface area contributed by atoms with Gasteiger partial charge < -0.3 is 10.1 Å². The maximum absolute atomic E-state index is 11.3. The van der Waals surface area contributed by atoms with E-state index in [1.54, 1.807) is 12.1 Å². The number of hydrogen-bond acceptors (Lipinski definition) is 3. The van der Waals surface area contributed by atoms with Gasteiger partial charge in [0.25, 0.3) is 0 Å². The fourth-order valence-electron chi connectivity index (χ4n) is 2.22. The lowest BCUT2D eigenvalue weighted by Gasteiger charge is -2.30. The quantitative estimate of drug-likeness (QED) is 0.836. The normalized spacial score (nSPS) is 23.1. The molecule has 1 aromatic rings. The molecule has 4 heteroatoms. The number of carbonyl (C=O) groups is 1. The molecule has 0 bridgehead atoms. The highest BCUT2D eigenvalue weighted by molar-refractivity contribution is 5.90. The van der Waals surface area contributed by atoms with Crippen LogP contribution in [0.4, 0.5) is 0 Å². The molecule has 1 heterocycles. The molecule has 1 atom stereocenters. The number of hydrogen-bond donors (Lipinski definition) is 2. The van der Waals surface area contributed by atoms with E-state index < -0.39 is 11.5 Å². The lowest BCUT2D eigenvalue weighted by atomic mass is 9.85. The summed E-state index contributed by atoms with van der Waals surface area (Å²) in [5.74, 6) is -0.891. The smallest absolute Gasteiger partial charge is 0.336 e. The van der Waals surface area contributed by atoms with Crippen molar-refractivity contribution in [3.8, 4) is 0 Å². The first kappa shape index (κ1) is 11.7. The summed E-state index contributed by atoms with van der Waals surface area (Å²) in [5.41, 5.74) is 4.02. The number of nitrogens with one attached hydrogen (secondary N) is 1. The Balaban J connectivity index is 2.52. The first-order chi connectivity index (χ1) is 8.09. The molecule has 0 radical (unpaired) electrons. The topological polar surface area (TPSA) is 52.6 Å². The molecule has 2 N–H and O–H groups in total. The molecule has 90 valence electrons. The number of nitrogens with zero attached hydrogens (tertiary/aromatic N) is 1. The van der Waals surface area contributed by atoms with Gasteiger partial charge in [0, 0.05) is 13.2 Å². The molecule has 0 saturated heterocycles. The third-order valence-corrected chi connectivity index (χ3v) is 3.15. The summed E-state index contributed by atoms with van der Waals surface area (Å²) in [7, 11) is 1.90. The second kappa shape index (κ2) is 4.22. The minimum Gasteiger partial charge on any atom is -0.478 e. The van der Waals surface area contributed by atoms with Gasteiger partial charge in [0.2, 0.25) is 0 Å². The van der Waals surface area contributed by atoms with Gasteiger partial charge in [-0.2, -0.15) is 0 Å². The zero-order chi connectivity index (χ0) is 12.5. The van der Waals surface area contributed by atoms with E-state index in [-0.39, 0.29) is 0 Å². The average Bonchev–Trinajstić information content (AvgIpc) is 2.72. The number of carboxylic acid groups (broad SMARTS) is 1. The molecule has 1 aliphatic rings. The molecular weight excluding hydrogens is 216 g/mol. The Kier molecular flexibility index (Phi) is 2.90. The summed E-state index contributed by atoms with van der Waals surface area (Å²) in [4.78, 5) is 11.3. The molecule has 17 heavy (non-hydrogen) atoms. The van der Waals surface area contributed by atoms with E-state index >= 15 is 0 Å². The van der Waals surface area contributed by atoms with E-state index in [1.807, 2.05) is 43.4 Å². The molecule has 0 aliphatic carbocycles. The number of carboxylic acids is 1. The first-order valence-corrected chi connectivity index (χ1v) is 5.62. The summed E-state index contributed by atoms with van der Waals surface area (Å²) >= 11 is 0. The summed E-state index contributed by atoms with van der Waals surface area (Å²) in [5, 5.41) is 11.1. The zero-order valence-corrected chi connectivity index (χ0v) is 9.97. The van der Waals surface area contributed by atoms with E-state index in [1.165, 1.54) is 0 Å². The number of aromatic carboxylic acids is 1. The van der Waals surface area contributed by atoms with Crippen LogP contribution in [-0.4, -0.2) is 23.1 Å². The van der Waals surface area contributed by atoms with Crippen molar-refractivity contribution in [2.75, 3.05) is 7.05 Å². The molecule has 0 fully saturated rings. The fourth-order valence-corrected chi connectivity index (χ4v) is 2.22. The Bertz CT molecular complexity index is 470. The van der Waals surface area contributed by atoms with Gasteiger partial charge in [-0.1, -0.05) is 25.1 Å². The van der Waals surface area contributed by atoms with Gasteiger partial charge in [0.15, 0.2) is 0 Å². The lowest BCUT2D eigenvalue weighted by Crippen LogP contribution is -2.43. The highest BCUT2D eigenvalue weighted by Gasteiger charge is 2.35. The summed E-state index contributed by atoms with van der Waals surface area (Å²) < 4.78 is 0. The molecule has 0 spiro atoms. The van der Waals surface area contributed by atoms with Crippen molar-refractivity contribution < 1.29 is 9.90 Å². The van der Waals surface area contributed by atoms with Gasteiger partial charge in [-0.15, -0.1) is 0 Å². The van der Waals surface area contributed by atoms with Gasteiger partial charge in [-0.05, 0) is 24.1 Å². The summed E-state index contributed by atoms with van der Waals surface area (Å²) in [6.07, 6.45) is 4.72. The Labute approximate surface area is 101 Å². The van der Waals surface area contributed by atoms with Crippen molar-refractivity contribution in [2.45, 2.75) is 18.9 Å². The van der Waals surface area contributed by atoms with Crippen LogP contribution in [0.3, 0.4) is 0 Å². The van der Waals surface area contributed by atoms with E-state index in [0.29, 0.717) is 5.56 Å². The highest BCUT2D eigenvalue weighted by atomic mass is 16.4. The Morgan fingerprint density at radius 1 is 1.47 bits per heavy atom. The van der Waals surface area contributed by atoms with Crippen LogP contribution >= 0.6 is 0 Å². The molecule has 2 rings (SSSR count). The van der Waals surface area contributed by atoms with Gasteiger partial charge >= 0.3 is 5.97 Å². The Morgan fingerprint density at radius 3 is 2.71 bits per heavy atom. The standard InChI is InChI=1S/C13H16N2O2/c1-3-13(8-9-15(2)14-13)11-7-5-4-6-10(11)12(16)17/h4-9,14H,3H2,1-2H3,(H,16,17). The van der Waals surface area contributed by atoms with Crippen molar-refractivity contribution in [1.29, 1.82) is 0 Å². The average molecular weight is 232 g/mol. The molecule has 1 aromatic carbocycles. The SMILES string of the molecule is CCC1(c2ccccc2C(=O)O)C=CN(C)N1. The molecule has 0 aromatic heterocycles. The van der Waals surface area contributed by atoms with E-state index in [4.69, 9.17) is 0 Å². The van der Waals surface area contributed by atoms with Gasteiger partial charge in [-0.25, -0.2) is 10.2 Å². The van der Waals surface area contributed by atoms with Crippen LogP contribution in [0.2, 0.25) is 0 Å². The number of rotatable bonds is 3. The third kappa shape index (κ3) is 1.91.